The normalized spacial score (nSPS) is 10.9. The SMILES string of the molecule is O=C(O)C=Cc1ccc(OCCOc2ccc3ccccc3c2)cc1. The van der Waals surface area contributed by atoms with Crippen molar-refractivity contribution in [2.75, 3.05) is 13.2 Å². The molecule has 0 saturated heterocycles. The molecule has 0 aliphatic heterocycles. The number of rotatable bonds is 7. The van der Waals surface area contributed by atoms with E-state index in [0.717, 1.165) is 28.5 Å². The van der Waals surface area contributed by atoms with E-state index in [0.29, 0.717) is 13.2 Å². The van der Waals surface area contributed by atoms with Gasteiger partial charge in [-0.15, -0.1) is 0 Å². The van der Waals surface area contributed by atoms with E-state index in [2.05, 4.69) is 12.1 Å². The van der Waals surface area contributed by atoms with E-state index >= 15 is 0 Å². The summed E-state index contributed by atoms with van der Waals surface area (Å²) < 4.78 is 11.4. The van der Waals surface area contributed by atoms with Crippen LogP contribution in [0.15, 0.2) is 72.8 Å². The molecular formula is C21H18O4. The summed E-state index contributed by atoms with van der Waals surface area (Å²) in [6.45, 7) is 0.871. The van der Waals surface area contributed by atoms with Crippen molar-refractivity contribution in [3.8, 4) is 11.5 Å². The van der Waals surface area contributed by atoms with Crippen LogP contribution in [0.3, 0.4) is 0 Å². The number of hydrogen-bond donors (Lipinski definition) is 1. The van der Waals surface area contributed by atoms with Crippen LogP contribution in [0.4, 0.5) is 0 Å². The Hall–Kier alpha value is -3.27. The van der Waals surface area contributed by atoms with Gasteiger partial charge in [0.2, 0.25) is 0 Å². The second-order valence-corrected chi connectivity index (χ2v) is 5.45. The van der Waals surface area contributed by atoms with Gasteiger partial charge in [-0.05, 0) is 46.7 Å². The molecule has 0 bridgehead atoms. The highest BCUT2D eigenvalue weighted by Gasteiger charge is 1.98. The summed E-state index contributed by atoms with van der Waals surface area (Å²) in [6.07, 6.45) is 2.64. The molecule has 0 atom stereocenters. The van der Waals surface area contributed by atoms with Crippen molar-refractivity contribution in [1.29, 1.82) is 0 Å². The molecule has 1 N–H and O–H groups in total. The fourth-order valence-electron chi connectivity index (χ4n) is 2.42. The molecule has 0 aliphatic carbocycles. The molecular weight excluding hydrogens is 316 g/mol. The third-order valence-corrected chi connectivity index (χ3v) is 3.64. The molecule has 0 saturated carbocycles. The Morgan fingerprint density at radius 1 is 0.840 bits per heavy atom. The van der Waals surface area contributed by atoms with Crippen LogP contribution < -0.4 is 9.47 Å². The van der Waals surface area contributed by atoms with Crippen molar-refractivity contribution >= 4 is 22.8 Å². The molecule has 0 amide bonds. The van der Waals surface area contributed by atoms with E-state index in [9.17, 15) is 4.79 Å². The number of hydrogen-bond acceptors (Lipinski definition) is 3. The first kappa shape index (κ1) is 16.6. The van der Waals surface area contributed by atoms with Gasteiger partial charge in [-0.3, -0.25) is 0 Å². The highest BCUT2D eigenvalue weighted by atomic mass is 16.5. The average molecular weight is 334 g/mol. The molecule has 3 aromatic rings. The summed E-state index contributed by atoms with van der Waals surface area (Å²) in [6, 6.07) is 21.4. The number of fused-ring (bicyclic) bond motifs is 1. The van der Waals surface area contributed by atoms with E-state index in [-0.39, 0.29) is 0 Å². The van der Waals surface area contributed by atoms with Crippen molar-refractivity contribution in [2.24, 2.45) is 0 Å². The predicted octanol–water partition coefficient (Wildman–Crippen LogP) is 4.40. The Morgan fingerprint density at radius 3 is 2.20 bits per heavy atom. The van der Waals surface area contributed by atoms with Gasteiger partial charge in [-0.2, -0.15) is 0 Å². The van der Waals surface area contributed by atoms with E-state index in [4.69, 9.17) is 14.6 Å². The van der Waals surface area contributed by atoms with E-state index in [1.807, 2.05) is 30.3 Å². The van der Waals surface area contributed by atoms with Crippen LogP contribution in [0.5, 0.6) is 11.5 Å². The van der Waals surface area contributed by atoms with Crippen LogP contribution in [-0.2, 0) is 4.79 Å². The number of carboxylic acids is 1. The van der Waals surface area contributed by atoms with Gasteiger partial charge in [0.1, 0.15) is 24.7 Å². The lowest BCUT2D eigenvalue weighted by atomic mass is 10.1. The fraction of sp³-hybridized carbons (Fsp3) is 0.0952. The first-order chi connectivity index (χ1) is 12.2. The topological polar surface area (TPSA) is 55.8 Å². The molecule has 0 aromatic heterocycles. The van der Waals surface area contributed by atoms with Gasteiger partial charge in [0.25, 0.3) is 0 Å². The number of carboxylic acid groups (broad SMARTS) is 1. The molecule has 4 heteroatoms. The first-order valence-corrected chi connectivity index (χ1v) is 7.96. The Labute approximate surface area is 145 Å². The van der Waals surface area contributed by atoms with Gasteiger partial charge in [-0.25, -0.2) is 4.79 Å². The van der Waals surface area contributed by atoms with E-state index < -0.39 is 5.97 Å². The minimum absolute atomic E-state index is 0.428. The number of carbonyl (C=O) groups is 1. The summed E-state index contributed by atoms with van der Waals surface area (Å²) in [7, 11) is 0. The third kappa shape index (κ3) is 4.85. The van der Waals surface area contributed by atoms with Gasteiger partial charge < -0.3 is 14.6 Å². The summed E-state index contributed by atoms with van der Waals surface area (Å²) in [5, 5.41) is 10.9. The number of benzene rings is 3. The van der Waals surface area contributed by atoms with Crippen molar-refractivity contribution < 1.29 is 19.4 Å². The Balaban J connectivity index is 1.48. The molecule has 0 aliphatic rings. The zero-order chi connectivity index (χ0) is 17.5. The number of aliphatic carboxylic acids is 1. The second kappa shape index (κ2) is 8.02. The van der Waals surface area contributed by atoms with Crippen molar-refractivity contribution in [1.82, 2.24) is 0 Å². The number of ether oxygens (including phenoxy) is 2. The van der Waals surface area contributed by atoms with Gasteiger partial charge in [0, 0.05) is 6.08 Å². The third-order valence-electron chi connectivity index (χ3n) is 3.64. The van der Waals surface area contributed by atoms with Crippen molar-refractivity contribution in [3.63, 3.8) is 0 Å². The lowest BCUT2D eigenvalue weighted by molar-refractivity contribution is -0.131. The van der Waals surface area contributed by atoms with Crippen molar-refractivity contribution in [2.45, 2.75) is 0 Å². The van der Waals surface area contributed by atoms with Crippen LogP contribution >= 0.6 is 0 Å². The predicted molar refractivity (Wildman–Crippen MR) is 98.0 cm³/mol. The fourth-order valence-corrected chi connectivity index (χ4v) is 2.42. The molecule has 0 spiro atoms. The molecule has 4 nitrogen and oxygen atoms in total. The lowest BCUT2D eigenvalue weighted by Crippen LogP contribution is -2.08. The zero-order valence-electron chi connectivity index (χ0n) is 13.6. The molecule has 25 heavy (non-hydrogen) atoms. The van der Waals surface area contributed by atoms with Crippen LogP contribution in [0.25, 0.3) is 16.8 Å². The Kier molecular flexibility index (Phi) is 5.32. The Morgan fingerprint density at radius 2 is 1.48 bits per heavy atom. The molecule has 0 radical (unpaired) electrons. The maximum absolute atomic E-state index is 10.5. The quantitative estimate of drug-likeness (QED) is 0.514. The van der Waals surface area contributed by atoms with Gasteiger partial charge in [-0.1, -0.05) is 42.5 Å². The minimum atomic E-state index is -0.967. The maximum Gasteiger partial charge on any atom is 0.328 e. The molecule has 0 unspecified atom stereocenters. The lowest BCUT2D eigenvalue weighted by Gasteiger charge is -2.09. The summed E-state index contributed by atoms with van der Waals surface area (Å²) in [4.78, 5) is 10.5. The van der Waals surface area contributed by atoms with Crippen LogP contribution in [0, 0.1) is 0 Å². The smallest absolute Gasteiger partial charge is 0.328 e. The molecule has 3 rings (SSSR count). The van der Waals surface area contributed by atoms with E-state index in [1.165, 1.54) is 11.5 Å². The van der Waals surface area contributed by atoms with Gasteiger partial charge in [0.15, 0.2) is 0 Å². The van der Waals surface area contributed by atoms with Crippen LogP contribution in [0.1, 0.15) is 5.56 Å². The molecule has 0 fully saturated rings. The van der Waals surface area contributed by atoms with Crippen LogP contribution in [0.2, 0.25) is 0 Å². The second-order valence-electron chi connectivity index (χ2n) is 5.45. The Bertz CT molecular complexity index is 882. The molecule has 0 heterocycles. The van der Waals surface area contributed by atoms with E-state index in [1.54, 1.807) is 24.3 Å². The monoisotopic (exact) mass is 334 g/mol. The minimum Gasteiger partial charge on any atom is -0.490 e. The summed E-state index contributed by atoms with van der Waals surface area (Å²) >= 11 is 0. The average Bonchev–Trinajstić information content (AvgIpc) is 2.64. The highest BCUT2D eigenvalue weighted by molar-refractivity contribution is 5.85. The van der Waals surface area contributed by atoms with Gasteiger partial charge >= 0.3 is 5.97 Å². The first-order valence-electron chi connectivity index (χ1n) is 7.96. The molecule has 126 valence electrons. The summed E-state index contributed by atoms with van der Waals surface area (Å²) in [5.41, 5.74) is 0.808. The summed E-state index contributed by atoms with van der Waals surface area (Å²) in [5.74, 6) is 0.567. The zero-order valence-corrected chi connectivity index (χ0v) is 13.6. The molecule has 3 aromatic carbocycles. The van der Waals surface area contributed by atoms with Crippen LogP contribution in [-0.4, -0.2) is 24.3 Å². The van der Waals surface area contributed by atoms with Crippen molar-refractivity contribution in [3.05, 3.63) is 78.4 Å². The largest absolute Gasteiger partial charge is 0.490 e. The standard InChI is InChI=1S/C21H18O4/c22-21(23)12-7-16-5-9-19(10-6-16)24-13-14-25-20-11-8-17-3-1-2-4-18(17)15-20/h1-12,15H,13-14H2,(H,22,23). The maximum atomic E-state index is 10.5. The van der Waals surface area contributed by atoms with Gasteiger partial charge in [0.05, 0.1) is 0 Å². The highest BCUT2D eigenvalue weighted by Crippen LogP contribution is 2.20.